The minimum absolute atomic E-state index is 0.0906. The van der Waals surface area contributed by atoms with Crippen molar-refractivity contribution in [2.75, 3.05) is 32.1 Å². The number of aryl methyl sites for hydroxylation is 1. The van der Waals surface area contributed by atoms with Gasteiger partial charge in [-0.25, -0.2) is 0 Å². The molecule has 1 fully saturated rings. The summed E-state index contributed by atoms with van der Waals surface area (Å²) in [4.78, 5) is 28.2. The molecule has 4 rings (SSSR count). The second kappa shape index (κ2) is 11.7. The molecule has 1 heterocycles. The maximum Gasteiger partial charge on any atom is 0.255 e. The summed E-state index contributed by atoms with van der Waals surface area (Å²) in [5, 5.41) is 6.07. The van der Waals surface area contributed by atoms with E-state index in [1.54, 1.807) is 31.4 Å². The highest BCUT2D eigenvalue weighted by Gasteiger charge is 2.23. The van der Waals surface area contributed by atoms with Gasteiger partial charge >= 0.3 is 0 Å². The minimum atomic E-state index is -0.198. The number of methoxy groups -OCH3 is 1. The van der Waals surface area contributed by atoms with Gasteiger partial charge in [0.1, 0.15) is 5.75 Å². The number of nitrogens with zero attached hydrogens (tertiary/aromatic N) is 1. The highest BCUT2D eigenvalue weighted by Crippen LogP contribution is 2.26. The average Bonchev–Trinajstić information content (AvgIpc) is 2.91. The van der Waals surface area contributed by atoms with E-state index in [0.717, 1.165) is 30.0 Å². The first kappa shape index (κ1) is 24.5. The van der Waals surface area contributed by atoms with Crippen molar-refractivity contribution in [3.8, 4) is 5.75 Å². The molecular formula is C29H33N3O3. The zero-order valence-electron chi connectivity index (χ0n) is 20.4. The molecule has 0 radical (unpaired) electrons. The van der Waals surface area contributed by atoms with Gasteiger partial charge in [0.25, 0.3) is 11.8 Å². The van der Waals surface area contributed by atoms with E-state index in [4.69, 9.17) is 4.74 Å². The topological polar surface area (TPSA) is 70.7 Å². The molecule has 1 aliphatic rings. The molecule has 2 amide bonds. The Kier molecular flexibility index (Phi) is 8.16. The first-order chi connectivity index (χ1) is 17.0. The largest absolute Gasteiger partial charge is 0.497 e. The van der Waals surface area contributed by atoms with Crippen LogP contribution in [0.3, 0.4) is 0 Å². The third-order valence-corrected chi connectivity index (χ3v) is 6.57. The fourth-order valence-electron chi connectivity index (χ4n) is 4.49. The molecule has 35 heavy (non-hydrogen) atoms. The van der Waals surface area contributed by atoms with Crippen LogP contribution in [-0.4, -0.2) is 43.5 Å². The number of nitrogens with one attached hydrogen (secondary N) is 2. The number of hydrogen-bond acceptors (Lipinski definition) is 4. The molecule has 2 N–H and O–H groups in total. The Morgan fingerprint density at radius 2 is 1.60 bits per heavy atom. The molecule has 0 aromatic heterocycles. The van der Waals surface area contributed by atoms with E-state index >= 15 is 0 Å². The fourth-order valence-corrected chi connectivity index (χ4v) is 4.49. The molecule has 0 aliphatic carbocycles. The van der Waals surface area contributed by atoms with Crippen LogP contribution in [-0.2, 0) is 0 Å². The number of carbonyl (C=O) groups is 2. The lowest BCUT2D eigenvalue weighted by atomic mass is 10.0. The lowest BCUT2D eigenvalue weighted by Crippen LogP contribution is -2.40. The number of rotatable bonds is 8. The maximum absolute atomic E-state index is 13.1. The van der Waals surface area contributed by atoms with Crippen molar-refractivity contribution in [3.05, 3.63) is 95.1 Å². The predicted molar refractivity (Wildman–Crippen MR) is 139 cm³/mol. The molecule has 1 aliphatic heterocycles. The molecule has 1 unspecified atom stereocenters. The van der Waals surface area contributed by atoms with Crippen molar-refractivity contribution >= 4 is 17.5 Å². The van der Waals surface area contributed by atoms with Gasteiger partial charge in [0.15, 0.2) is 0 Å². The number of piperidine rings is 1. The average molecular weight is 472 g/mol. The smallest absolute Gasteiger partial charge is 0.255 e. The lowest BCUT2D eigenvalue weighted by Gasteiger charge is -2.35. The minimum Gasteiger partial charge on any atom is -0.497 e. The lowest BCUT2D eigenvalue weighted by molar-refractivity contribution is 0.0923. The number of amides is 2. The Balaban J connectivity index is 1.47. The molecule has 0 saturated carbocycles. The molecule has 1 atom stereocenters. The normalized spacial score (nSPS) is 14.7. The van der Waals surface area contributed by atoms with E-state index in [-0.39, 0.29) is 17.9 Å². The number of carbonyl (C=O) groups excluding carboxylic acids is 2. The standard InChI is InChI=1S/C29H33N3O3/c1-21-11-12-24(19-26(21)31-29(34)23-9-5-3-6-10-23)28(33)30-20-27(32-17-7-4-8-18-32)22-13-15-25(35-2)16-14-22/h3,5-6,9-16,19,27H,4,7-8,17-18,20H2,1-2H3,(H,30,33)(H,31,34). The van der Waals surface area contributed by atoms with E-state index in [0.29, 0.717) is 23.4 Å². The quantitative estimate of drug-likeness (QED) is 0.473. The van der Waals surface area contributed by atoms with Crippen LogP contribution in [0, 0.1) is 6.92 Å². The van der Waals surface area contributed by atoms with Gasteiger partial charge in [0, 0.05) is 23.4 Å². The van der Waals surface area contributed by atoms with Crippen LogP contribution < -0.4 is 15.4 Å². The number of benzene rings is 3. The van der Waals surface area contributed by atoms with E-state index in [9.17, 15) is 9.59 Å². The summed E-state index contributed by atoms with van der Waals surface area (Å²) in [6.07, 6.45) is 3.59. The van der Waals surface area contributed by atoms with Crippen LogP contribution in [0.25, 0.3) is 0 Å². The number of hydrogen-bond donors (Lipinski definition) is 2. The van der Waals surface area contributed by atoms with Gasteiger partial charge in [0.05, 0.1) is 13.2 Å². The third kappa shape index (κ3) is 6.28. The summed E-state index contributed by atoms with van der Waals surface area (Å²) in [6, 6.07) is 22.6. The maximum atomic E-state index is 13.1. The van der Waals surface area contributed by atoms with Gasteiger partial charge in [-0.1, -0.05) is 42.8 Å². The van der Waals surface area contributed by atoms with E-state index in [1.807, 2.05) is 43.3 Å². The number of ether oxygens (including phenoxy) is 1. The Labute approximate surface area is 207 Å². The van der Waals surface area contributed by atoms with Crippen LogP contribution in [0.2, 0.25) is 0 Å². The van der Waals surface area contributed by atoms with Gasteiger partial charge < -0.3 is 15.4 Å². The summed E-state index contributed by atoms with van der Waals surface area (Å²) in [5.74, 6) is 0.464. The van der Waals surface area contributed by atoms with Gasteiger partial charge in [-0.2, -0.15) is 0 Å². The van der Waals surface area contributed by atoms with Crippen LogP contribution in [0.4, 0.5) is 5.69 Å². The van der Waals surface area contributed by atoms with Crippen molar-refractivity contribution in [3.63, 3.8) is 0 Å². The van der Waals surface area contributed by atoms with Crippen molar-refractivity contribution < 1.29 is 14.3 Å². The zero-order valence-corrected chi connectivity index (χ0v) is 20.4. The van der Waals surface area contributed by atoms with Crippen LogP contribution in [0.15, 0.2) is 72.8 Å². The molecule has 3 aromatic rings. The van der Waals surface area contributed by atoms with Crippen molar-refractivity contribution in [2.45, 2.75) is 32.2 Å². The highest BCUT2D eigenvalue weighted by atomic mass is 16.5. The van der Waals surface area contributed by atoms with Crippen LogP contribution in [0.1, 0.15) is 57.1 Å². The summed E-state index contributed by atoms with van der Waals surface area (Å²) >= 11 is 0. The van der Waals surface area contributed by atoms with E-state index < -0.39 is 0 Å². The first-order valence-electron chi connectivity index (χ1n) is 12.2. The molecular weight excluding hydrogens is 438 g/mol. The monoisotopic (exact) mass is 471 g/mol. The van der Waals surface area contributed by atoms with E-state index in [1.165, 1.54) is 19.3 Å². The predicted octanol–water partition coefficient (Wildman–Crippen LogP) is 5.21. The molecule has 182 valence electrons. The van der Waals surface area contributed by atoms with Gasteiger partial charge in [-0.15, -0.1) is 0 Å². The first-order valence-corrected chi connectivity index (χ1v) is 12.2. The summed E-state index contributed by atoms with van der Waals surface area (Å²) in [5.41, 5.74) is 3.79. The summed E-state index contributed by atoms with van der Waals surface area (Å²) in [6.45, 7) is 4.46. The highest BCUT2D eigenvalue weighted by molar-refractivity contribution is 6.05. The summed E-state index contributed by atoms with van der Waals surface area (Å²) in [7, 11) is 1.66. The third-order valence-electron chi connectivity index (χ3n) is 6.57. The van der Waals surface area contributed by atoms with Crippen molar-refractivity contribution in [1.29, 1.82) is 0 Å². The Morgan fingerprint density at radius 3 is 2.29 bits per heavy atom. The zero-order chi connectivity index (χ0) is 24.6. The van der Waals surface area contributed by atoms with Gasteiger partial charge in [0.2, 0.25) is 0 Å². The molecule has 1 saturated heterocycles. The van der Waals surface area contributed by atoms with Crippen molar-refractivity contribution in [1.82, 2.24) is 10.2 Å². The number of anilines is 1. The molecule has 0 bridgehead atoms. The van der Waals surface area contributed by atoms with Crippen molar-refractivity contribution in [2.24, 2.45) is 0 Å². The molecule has 6 nitrogen and oxygen atoms in total. The Morgan fingerprint density at radius 1 is 0.886 bits per heavy atom. The van der Waals surface area contributed by atoms with E-state index in [2.05, 4.69) is 27.7 Å². The molecule has 0 spiro atoms. The van der Waals surface area contributed by atoms with Crippen LogP contribution >= 0.6 is 0 Å². The Hall–Kier alpha value is -3.64. The summed E-state index contributed by atoms with van der Waals surface area (Å²) < 4.78 is 5.31. The molecule has 6 heteroatoms. The second-order valence-electron chi connectivity index (χ2n) is 8.95. The Bertz CT molecular complexity index is 1140. The number of likely N-dealkylation sites (tertiary alicyclic amines) is 1. The van der Waals surface area contributed by atoms with Gasteiger partial charge in [-0.05, 0) is 80.4 Å². The second-order valence-corrected chi connectivity index (χ2v) is 8.95. The van der Waals surface area contributed by atoms with Crippen LogP contribution in [0.5, 0.6) is 5.75 Å². The molecule has 3 aromatic carbocycles. The SMILES string of the molecule is COc1ccc(C(CNC(=O)c2ccc(C)c(NC(=O)c3ccccc3)c2)N2CCCCC2)cc1. The van der Waals surface area contributed by atoms with Gasteiger partial charge in [-0.3, -0.25) is 14.5 Å². The fraction of sp³-hybridized carbons (Fsp3) is 0.310.